The number of ether oxygens (including phenoxy) is 2. The molecule has 6 nitrogen and oxygen atoms in total. The standard InChI is InChI=1S/C13H16N4O2/c1-3-7-19-11-6-5-10(8-12(11)18-4-2)9-16-17-13(14)15/h1,5-6,8-9H,4,7H2,2H3,(H4,14,15,17)/p+1/b16-9-. The van der Waals surface area contributed by atoms with Crippen LogP contribution in [0.25, 0.3) is 0 Å². The molecular weight excluding hydrogens is 244 g/mol. The maximum atomic E-state index is 5.48. The van der Waals surface area contributed by atoms with E-state index in [2.05, 4.69) is 16.1 Å². The molecule has 0 aliphatic rings. The minimum atomic E-state index is -0.0461. The van der Waals surface area contributed by atoms with Crippen molar-refractivity contribution < 1.29 is 14.6 Å². The van der Waals surface area contributed by atoms with Gasteiger partial charge < -0.3 is 20.9 Å². The molecule has 0 aliphatic carbocycles. The molecule has 0 radical (unpaired) electrons. The molecule has 0 heterocycles. The highest BCUT2D eigenvalue weighted by atomic mass is 16.5. The molecule has 1 aromatic rings. The number of nitrogens with zero attached hydrogens (tertiary/aromatic N) is 1. The van der Waals surface area contributed by atoms with Crippen molar-refractivity contribution in [1.82, 2.24) is 0 Å². The van der Waals surface area contributed by atoms with Crippen LogP contribution in [0.3, 0.4) is 0 Å². The van der Waals surface area contributed by atoms with Gasteiger partial charge in [-0.1, -0.05) is 5.92 Å². The van der Waals surface area contributed by atoms with E-state index in [0.717, 1.165) is 5.56 Å². The van der Waals surface area contributed by atoms with Crippen LogP contribution in [0.4, 0.5) is 0 Å². The maximum Gasteiger partial charge on any atom is 0.256 e. The largest absolute Gasteiger partial charge is 0.490 e. The van der Waals surface area contributed by atoms with Crippen molar-refractivity contribution in [3.05, 3.63) is 23.8 Å². The summed E-state index contributed by atoms with van der Waals surface area (Å²) in [6.07, 6.45) is 6.79. The summed E-state index contributed by atoms with van der Waals surface area (Å²) in [5, 5.41) is 6.25. The number of benzene rings is 1. The molecule has 0 atom stereocenters. The highest BCUT2D eigenvalue weighted by Gasteiger charge is 2.06. The SMILES string of the molecule is C#CCOc1ccc(/C=[NH+]\N=C(N)N)cc1OCC. The fraction of sp³-hybridized carbons (Fsp3) is 0.231. The van der Waals surface area contributed by atoms with Crippen LogP contribution in [0.1, 0.15) is 12.5 Å². The van der Waals surface area contributed by atoms with E-state index in [1.807, 2.05) is 13.0 Å². The van der Waals surface area contributed by atoms with Gasteiger partial charge in [0.25, 0.3) is 5.96 Å². The number of hydrogen-bond acceptors (Lipinski definition) is 3. The van der Waals surface area contributed by atoms with Crippen molar-refractivity contribution in [3.63, 3.8) is 0 Å². The molecule has 0 bridgehead atoms. The molecule has 0 saturated heterocycles. The first-order valence-electron chi connectivity index (χ1n) is 5.67. The average molecular weight is 261 g/mol. The van der Waals surface area contributed by atoms with E-state index in [4.69, 9.17) is 27.4 Å². The Bertz CT molecular complexity index is 514. The Kier molecular flexibility index (Phi) is 5.76. The Morgan fingerprint density at radius 2 is 2.21 bits per heavy atom. The van der Waals surface area contributed by atoms with Crippen LogP contribution in [-0.4, -0.2) is 25.4 Å². The quantitative estimate of drug-likeness (QED) is 0.259. The second-order valence-corrected chi connectivity index (χ2v) is 3.44. The van der Waals surface area contributed by atoms with Crippen LogP contribution >= 0.6 is 0 Å². The highest BCUT2D eigenvalue weighted by molar-refractivity contribution is 5.78. The number of nitrogens with one attached hydrogen (secondary N) is 1. The summed E-state index contributed by atoms with van der Waals surface area (Å²) in [6.45, 7) is 2.60. The highest BCUT2D eigenvalue weighted by Crippen LogP contribution is 2.27. The Balaban J connectivity index is 2.92. The van der Waals surface area contributed by atoms with Crippen LogP contribution in [0.15, 0.2) is 23.3 Å². The Morgan fingerprint density at radius 1 is 1.42 bits per heavy atom. The lowest BCUT2D eigenvalue weighted by molar-refractivity contribution is -0.456. The van der Waals surface area contributed by atoms with Crippen LogP contribution in [0.5, 0.6) is 11.5 Å². The Morgan fingerprint density at radius 3 is 2.84 bits per heavy atom. The molecule has 0 aromatic heterocycles. The zero-order chi connectivity index (χ0) is 14.1. The van der Waals surface area contributed by atoms with Crippen LogP contribution in [-0.2, 0) is 0 Å². The third kappa shape index (κ3) is 5.00. The molecule has 5 N–H and O–H groups in total. The van der Waals surface area contributed by atoms with Crippen molar-refractivity contribution in [2.45, 2.75) is 6.92 Å². The lowest BCUT2D eigenvalue weighted by Crippen LogP contribution is -2.63. The summed E-state index contributed by atoms with van der Waals surface area (Å²) in [5.74, 6) is 3.56. The number of hydrazone groups is 1. The van der Waals surface area contributed by atoms with E-state index >= 15 is 0 Å². The topological polar surface area (TPSA) is 96.8 Å². The normalized spacial score (nSPS) is 9.89. The van der Waals surface area contributed by atoms with Crippen molar-refractivity contribution in [2.24, 2.45) is 16.6 Å². The molecule has 0 saturated carbocycles. The van der Waals surface area contributed by atoms with Gasteiger partial charge in [-0.2, -0.15) is 0 Å². The van der Waals surface area contributed by atoms with Crippen molar-refractivity contribution >= 4 is 12.2 Å². The Hall–Kier alpha value is -2.68. The summed E-state index contributed by atoms with van der Waals surface area (Å²) in [6, 6.07) is 5.39. The molecule has 0 amide bonds. The molecule has 1 rings (SSSR count). The predicted molar refractivity (Wildman–Crippen MR) is 73.9 cm³/mol. The van der Waals surface area contributed by atoms with Crippen molar-refractivity contribution in [1.29, 1.82) is 0 Å². The van der Waals surface area contributed by atoms with Gasteiger partial charge in [-0.3, -0.25) is 0 Å². The van der Waals surface area contributed by atoms with Crippen molar-refractivity contribution in [2.75, 3.05) is 13.2 Å². The molecule has 1 aromatic carbocycles. The monoisotopic (exact) mass is 261 g/mol. The summed E-state index contributed by atoms with van der Waals surface area (Å²) in [7, 11) is 0. The molecule has 6 heteroatoms. The first kappa shape index (κ1) is 14.4. The summed E-state index contributed by atoms with van der Waals surface area (Å²) in [4.78, 5) is 0. The molecule has 0 fully saturated rings. The number of terminal acetylenes is 1. The van der Waals surface area contributed by atoms with Gasteiger partial charge in [0.05, 0.1) is 6.61 Å². The lowest BCUT2D eigenvalue weighted by atomic mass is 10.2. The lowest BCUT2D eigenvalue weighted by Gasteiger charge is -2.10. The van der Waals surface area contributed by atoms with E-state index in [9.17, 15) is 0 Å². The van der Waals surface area contributed by atoms with E-state index in [1.54, 1.807) is 18.3 Å². The zero-order valence-electron chi connectivity index (χ0n) is 10.7. The van der Waals surface area contributed by atoms with Gasteiger partial charge in [0, 0.05) is 10.7 Å². The molecule has 0 spiro atoms. The van der Waals surface area contributed by atoms with Gasteiger partial charge >= 0.3 is 0 Å². The Labute approximate surface area is 112 Å². The minimum absolute atomic E-state index is 0.0461. The molecule has 19 heavy (non-hydrogen) atoms. The first-order valence-corrected chi connectivity index (χ1v) is 5.67. The van der Waals surface area contributed by atoms with E-state index in [1.165, 1.54) is 0 Å². The fourth-order valence-electron chi connectivity index (χ4n) is 1.30. The second kappa shape index (κ2) is 7.61. The van der Waals surface area contributed by atoms with E-state index < -0.39 is 0 Å². The van der Waals surface area contributed by atoms with Gasteiger partial charge in [-0.15, -0.1) is 11.5 Å². The van der Waals surface area contributed by atoms with Gasteiger partial charge in [-0.25, -0.2) is 0 Å². The van der Waals surface area contributed by atoms with Crippen LogP contribution in [0, 0.1) is 12.3 Å². The smallest absolute Gasteiger partial charge is 0.256 e. The predicted octanol–water partition coefficient (Wildman–Crippen LogP) is -1.21. The van der Waals surface area contributed by atoms with Gasteiger partial charge in [-0.05, 0) is 25.1 Å². The fourth-order valence-corrected chi connectivity index (χ4v) is 1.30. The summed E-state index contributed by atoms with van der Waals surface area (Å²) >= 11 is 0. The molecule has 100 valence electrons. The van der Waals surface area contributed by atoms with E-state index in [-0.39, 0.29) is 12.6 Å². The van der Waals surface area contributed by atoms with Crippen LogP contribution < -0.4 is 26.0 Å². The zero-order valence-corrected chi connectivity index (χ0v) is 10.7. The minimum Gasteiger partial charge on any atom is -0.490 e. The van der Waals surface area contributed by atoms with Gasteiger partial charge in [0.15, 0.2) is 11.5 Å². The number of nitrogens with two attached hydrogens (primary N) is 2. The molecule has 0 unspecified atom stereocenters. The third-order valence-electron chi connectivity index (χ3n) is 2.00. The van der Waals surface area contributed by atoms with Crippen molar-refractivity contribution in [3.8, 4) is 23.8 Å². The molecule has 0 aliphatic heterocycles. The number of hydrogen-bond donors (Lipinski definition) is 3. The summed E-state index contributed by atoms with van der Waals surface area (Å²) < 4.78 is 10.8. The second-order valence-electron chi connectivity index (χ2n) is 3.44. The average Bonchev–Trinajstić information content (AvgIpc) is 2.38. The van der Waals surface area contributed by atoms with E-state index in [0.29, 0.717) is 18.1 Å². The van der Waals surface area contributed by atoms with Gasteiger partial charge in [0.2, 0.25) is 6.21 Å². The third-order valence-corrected chi connectivity index (χ3v) is 2.00. The number of rotatable bonds is 6. The molecular formula is C13H17N4O2+. The summed E-state index contributed by atoms with van der Waals surface area (Å²) in [5.41, 5.74) is 11.2. The van der Waals surface area contributed by atoms with Crippen LogP contribution in [0.2, 0.25) is 0 Å². The van der Waals surface area contributed by atoms with Gasteiger partial charge in [0.1, 0.15) is 6.61 Å². The number of guanidine groups is 1. The first-order chi connectivity index (χ1) is 9.17. The maximum absolute atomic E-state index is 5.48.